The second kappa shape index (κ2) is 18.1. The van der Waals surface area contributed by atoms with E-state index in [-0.39, 0.29) is 31.3 Å². The Hall–Kier alpha value is -6.36. The maximum atomic E-state index is 14.4. The molecule has 3 aromatic heterocycles. The fourth-order valence-electron chi connectivity index (χ4n) is 8.83. The number of carboxylic acids is 1. The molecule has 8 rings (SSSR count). The van der Waals surface area contributed by atoms with Crippen molar-refractivity contribution in [3.8, 4) is 26.6 Å². The lowest BCUT2D eigenvalue weighted by molar-refractivity contribution is -0.142. The molecule has 2 unspecified atom stereocenters. The Labute approximate surface area is 391 Å². The number of aromatic nitrogens is 4. The third-order valence-corrected chi connectivity index (χ3v) is 14.8. The Morgan fingerprint density at radius 2 is 1.55 bits per heavy atom. The highest BCUT2D eigenvalue weighted by Crippen LogP contribution is 2.40. The van der Waals surface area contributed by atoms with Gasteiger partial charge in [0.1, 0.15) is 29.0 Å². The highest BCUT2D eigenvalue weighted by Gasteiger charge is 2.45. The Balaban J connectivity index is 0.980. The van der Waals surface area contributed by atoms with Gasteiger partial charge in [0.05, 0.1) is 40.4 Å². The standard InChI is InChI=1S/C50H54N8O6S2/c1-25-20-35(32-12-14-33(15-13-32)42-41-26(2)29(5)66-49(41)58-30(6)55-56-45(58)38(53-42)22-40(60)61)18-19-37(25)46(62)54-44(50(7,8)9)48(64)57-23-36(59)21-39(57)47(63)52-27(3)31-10-16-34(17-11-31)43-28(4)51-24-65-43/h10-20,24,27,36,38-39,44,59H,21-23H2,1-9H3,(H,52,63)(H,54,62)(H,60,61)/t27?,36-,38+,39+,44?/m1/s1. The van der Waals surface area contributed by atoms with Crippen LogP contribution in [0.4, 0.5) is 0 Å². The summed E-state index contributed by atoms with van der Waals surface area (Å²) in [4.78, 5) is 67.3. The topological polar surface area (TPSA) is 192 Å². The number of aliphatic hydroxyl groups excluding tert-OH is 1. The van der Waals surface area contributed by atoms with Crippen molar-refractivity contribution in [2.75, 3.05) is 6.54 Å². The maximum Gasteiger partial charge on any atom is 0.306 e. The molecule has 0 bridgehead atoms. The highest BCUT2D eigenvalue weighted by atomic mass is 32.1. The molecule has 4 N–H and O–H groups in total. The van der Waals surface area contributed by atoms with Crippen LogP contribution in [0.15, 0.2) is 77.2 Å². The number of nitrogens with one attached hydrogen (secondary N) is 2. The number of β-amino-alcohol motifs (C(OH)–C–C–N with tert-alkyl or cyclic N) is 1. The lowest BCUT2D eigenvalue weighted by Gasteiger charge is -2.35. The first-order chi connectivity index (χ1) is 31.3. The summed E-state index contributed by atoms with van der Waals surface area (Å²) in [7, 11) is 0. The van der Waals surface area contributed by atoms with E-state index in [9.17, 15) is 29.4 Å². The normalized spacial score (nSPS) is 17.9. The molecule has 5 heterocycles. The van der Waals surface area contributed by atoms with Crippen molar-refractivity contribution >= 4 is 52.1 Å². The number of hydrogen-bond donors (Lipinski definition) is 4. The molecule has 1 fully saturated rings. The number of benzene rings is 3. The van der Waals surface area contributed by atoms with Gasteiger partial charge in [0, 0.05) is 34.5 Å². The van der Waals surface area contributed by atoms with Gasteiger partial charge in [0.15, 0.2) is 5.82 Å². The van der Waals surface area contributed by atoms with Crippen LogP contribution in [-0.2, 0) is 14.4 Å². The summed E-state index contributed by atoms with van der Waals surface area (Å²) in [5.74, 6) is -1.07. The molecule has 0 saturated carbocycles. The number of carbonyl (C=O) groups excluding carboxylic acids is 3. The van der Waals surface area contributed by atoms with Crippen molar-refractivity contribution in [2.45, 2.75) is 105 Å². The van der Waals surface area contributed by atoms with Crippen LogP contribution in [0.25, 0.3) is 26.6 Å². The van der Waals surface area contributed by atoms with E-state index >= 15 is 0 Å². The molecule has 1 saturated heterocycles. The number of amides is 3. The van der Waals surface area contributed by atoms with E-state index in [0.717, 1.165) is 59.4 Å². The lowest BCUT2D eigenvalue weighted by atomic mass is 9.85. The number of thiazole rings is 1. The minimum Gasteiger partial charge on any atom is -0.481 e. The van der Waals surface area contributed by atoms with Crippen LogP contribution in [0, 0.1) is 40.0 Å². The summed E-state index contributed by atoms with van der Waals surface area (Å²) >= 11 is 3.18. The summed E-state index contributed by atoms with van der Waals surface area (Å²) in [5, 5.41) is 36.2. The van der Waals surface area contributed by atoms with Gasteiger partial charge in [0.2, 0.25) is 11.8 Å². The van der Waals surface area contributed by atoms with Crippen molar-refractivity contribution in [3.63, 3.8) is 0 Å². The van der Waals surface area contributed by atoms with Gasteiger partial charge in [-0.15, -0.1) is 32.9 Å². The van der Waals surface area contributed by atoms with Crippen LogP contribution in [0.2, 0.25) is 0 Å². The molecular formula is C50H54N8O6S2. The van der Waals surface area contributed by atoms with Crippen molar-refractivity contribution < 1.29 is 29.4 Å². The number of fused-ring (bicyclic) bond motifs is 3. The quantitative estimate of drug-likeness (QED) is 0.0997. The first-order valence-electron chi connectivity index (χ1n) is 21.9. The number of carbonyl (C=O) groups is 4. The van der Waals surface area contributed by atoms with E-state index < -0.39 is 47.4 Å². The second-order valence-electron chi connectivity index (χ2n) is 18.4. The van der Waals surface area contributed by atoms with Crippen LogP contribution in [0.3, 0.4) is 0 Å². The van der Waals surface area contributed by atoms with Gasteiger partial charge >= 0.3 is 5.97 Å². The summed E-state index contributed by atoms with van der Waals surface area (Å²) in [6, 6.07) is 18.4. The SMILES string of the molecule is Cc1cc(-c2ccc(C3=N[C@@H](CC(=O)O)c4nnc(C)n4-c4sc(C)c(C)c43)cc2)ccc1C(=O)NC(C(=O)N1C[C@H](O)C[C@H]1C(=O)NC(C)c1ccc(-c2scnc2C)cc1)C(C)(C)C. The van der Waals surface area contributed by atoms with Crippen molar-refractivity contribution in [1.29, 1.82) is 0 Å². The van der Waals surface area contributed by atoms with Crippen molar-refractivity contribution in [1.82, 2.24) is 35.3 Å². The summed E-state index contributed by atoms with van der Waals surface area (Å²) < 4.78 is 1.93. The molecule has 0 aliphatic carbocycles. The smallest absolute Gasteiger partial charge is 0.306 e. The van der Waals surface area contributed by atoms with Gasteiger partial charge in [0.25, 0.3) is 5.91 Å². The molecular weight excluding hydrogens is 873 g/mol. The molecule has 2 aliphatic heterocycles. The third-order valence-electron chi connectivity index (χ3n) is 12.6. The van der Waals surface area contributed by atoms with Crippen molar-refractivity contribution in [3.05, 3.63) is 128 Å². The average Bonchev–Trinajstić information content (AvgIpc) is 4.04. The van der Waals surface area contributed by atoms with Gasteiger partial charge in [-0.25, -0.2) is 4.98 Å². The molecule has 0 radical (unpaired) electrons. The number of aryl methyl sites for hydroxylation is 4. The summed E-state index contributed by atoms with van der Waals surface area (Å²) in [6.07, 6.45) is -1.05. The monoisotopic (exact) mass is 926 g/mol. The van der Waals surface area contributed by atoms with Gasteiger partial charge in [-0.05, 0) is 86.4 Å². The number of nitrogens with zero attached hydrogens (tertiary/aromatic N) is 6. The number of likely N-dealkylation sites (tertiary alicyclic amines) is 1. The zero-order valence-electron chi connectivity index (χ0n) is 38.5. The van der Waals surface area contributed by atoms with Gasteiger partial charge in [-0.2, -0.15) is 0 Å². The number of aliphatic carboxylic acids is 1. The van der Waals surface area contributed by atoms with Crippen LogP contribution < -0.4 is 10.6 Å². The van der Waals surface area contributed by atoms with E-state index in [1.165, 1.54) is 4.90 Å². The number of aliphatic imine (C=N–C) groups is 1. The Morgan fingerprint density at radius 3 is 2.18 bits per heavy atom. The van der Waals surface area contributed by atoms with E-state index in [2.05, 4.69) is 32.7 Å². The number of carboxylic acid groups (broad SMARTS) is 1. The van der Waals surface area contributed by atoms with Gasteiger partial charge in [-0.3, -0.25) is 28.7 Å². The zero-order chi connectivity index (χ0) is 47.4. The van der Waals surface area contributed by atoms with E-state index in [0.29, 0.717) is 28.5 Å². The average molecular weight is 927 g/mol. The fraction of sp³-hybridized carbons (Fsp3) is 0.360. The first kappa shape index (κ1) is 46.2. The third kappa shape index (κ3) is 8.96. The molecule has 5 atom stereocenters. The molecule has 66 heavy (non-hydrogen) atoms. The highest BCUT2D eigenvalue weighted by molar-refractivity contribution is 7.15. The van der Waals surface area contributed by atoms with Crippen LogP contribution in [-0.4, -0.2) is 89.0 Å². The molecule has 2 aliphatic rings. The largest absolute Gasteiger partial charge is 0.481 e. The second-order valence-corrected chi connectivity index (χ2v) is 20.4. The molecule has 6 aromatic rings. The van der Waals surface area contributed by atoms with E-state index in [4.69, 9.17) is 4.99 Å². The van der Waals surface area contributed by atoms with E-state index in [1.54, 1.807) is 28.7 Å². The first-order valence-corrected chi connectivity index (χ1v) is 23.6. The van der Waals surface area contributed by atoms with Crippen LogP contribution in [0.5, 0.6) is 0 Å². The van der Waals surface area contributed by atoms with Gasteiger partial charge < -0.3 is 25.7 Å². The van der Waals surface area contributed by atoms with Gasteiger partial charge in [-0.1, -0.05) is 81.4 Å². The molecule has 14 nitrogen and oxygen atoms in total. The maximum absolute atomic E-state index is 14.4. The number of rotatable bonds is 11. The zero-order valence-corrected chi connectivity index (χ0v) is 40.1. The Bertz CT molecular complexity index is 2890. The Kier molecular flexibility index (Phi) is 12.7. The number of aliphatic hydroxyl groups is 1. The fourth-order valence-corrected chi connectivity index (χ4v) is 10.9. The number of thiophene rings is 1. The predicted molar refractivity (Wildman–Crippen MR) is 256 cm³/mol. The lowest BCUT2D eigenvalue weighted by Crippen LogP contribution is -2.57. The van der Waals surface area contributed by atoms with Crippen LogP contribution in [0.1, 0.15) is 113 Å². The molecule has 16 heteroatoms. The molecule has 3 aromatic carbocycles. The van der Waals surface area contributed by atoms with Crippen LogP contribution >= 0.6 is 22.7 Å². The molecule has 3 amide bonds. The van der Waals surface area contributed by atoms with Crippen molar-refractivity contribution in [2.24, 2.45) is 10.4 Å². The summed E-state index contributed by atoms with van der Waals surface area (Å²) in [6.45, 7) is 17.2. The minimum atomic E-state index is -1.00. The minimum absolute atomic E-state index is 0.0324. The Morgan fingerprint density at radius 1 is 0.879 bits per heavy atom. The number of hydrogen-bond acceptors (Lipinski definition) is 11. The summed E-state index contributed by atoms with van der Waals surface area (Å²) in [5.41, 5.74) is 10.3. The van der Waals surface area contributed by atoms with E-state index in [1.807, 2.05) is 126 Å². The molecule has 0 spiro atoms. The predicted octanol–water partition coefficient (Wildman–Crippen LogP) is 8.01. The molecule has 342 valence electrons.